The number of urea groups is 1. The van der Waals surface area contributed by atoms with Crippen molar-refractivity contribution in [1.82, 2.24) is 4.90 Å². The molecule has 6 heteroatoms. The molecule has 0 atom stereocenters. The van der Waals surface area contributed by atoms with Gasteiger partial charge in [-0.25, -0.2) is 4.79 Å². The van der Waals surface area contributed by atoms with E-state index >= 15 is 0 Å². The number of thiocarbonyl (C=S) groups is 1. The zero-order valence-corrected chi connectivity index (χ0v) is 10.7. The van der Waals surface area contributed by atoms with Gasteiger partial charge in [-0.15, -0.1) is 0 Å². The van der Waals surface area contributed by atoms with Gasteiger partial charge in [0.1, 0.15) is 0 Å². The summed E-state index contributed by atoms with van der Waals surface area (Å²) in [7, 11) is 0. The molecule has 0 saturated carbocycles. The molecule has 0 bridgehead atoms. The lowest BCUT2D eigenvalue weighted by molar-refractivity contribution is 0.204. The van der Waals surface area contributed by atoms with Gasteiger partial charge in [0.25, 0.3) is 0 Å². The predicted molar refractivity (Wildman–Crippen MR) is 74.5 cm³/mol. The Balaban J connectivity index is 2.01. The van der Waals surface area contributed by atoms with E-state index in [9.17, 15) is 4.79 Å². The zero-order chi connectivity index (χ0) is 13.0. The van der Waals surface area contributed by atoms with Crippen molar-refractivity contribution in [1.29, 1.82) is 0 Å². The number of benzene rings is 1. The van der Waals surface area contributed by atoms with Gasteiger partial charge in [-0.3, -0.25) is 0 Å². The molecule has 0 spiro atoms. The molecule has 1 aliphatic heterocycles. The van der Waals surface area contributed by atoms with Gasteiger partial charge in [-0.05, 0) is 36.5 Å². The van der Waals surface area contributed by atoms with Gasteiger partial charge in [0.2, 0.25) is 0 Å². The van der Waals surface area contributed by atoms with Crippen molar-refractivity contribution < 1.29 is 4.79 Å². The van der Waals surface area contributed by atoms with Crippen LogP contribution < -0.4 is 10.6 Å². The molecule has 1 aliphatic rings. The Bertz CT molecular complexity index is 473. The summed E-state index contributed by atoms with van der Waals surface area (Å²) in [5.41, 5.74) is 7.15. The van der Waals surface area contributed by atoms with E-state index in [0.717, 1.165) is 24.5 Å². The van der Waals surface area contributed by atoms with E-state index in [1.54, 1.807) is 4.90 Å². The lowest BCUT2D eigenvalue weighted by Crippen LogP contribution is -2.50. The molecule has 2 rings (SSSR count). The summed E-state index contributed by atoms with van der Waals surface area (Å²) >= 11 is 4.55. The highest BCUT2D eigenvalue weighted by Gasteiger charge is 2.19. The Kier molecular flexibility index (Phi) is 3.92. The fraction of sp³-hybridized carbons (Fsp3) is 0.333. The minimum atomic E-state index is -0.347. The summed E-state index contributed by atoms with van der Waals surface area (Å²) in [4.78, 5) is 18.8. The van der Waals surface area contributed by atoms with Crippen molar-refractivity contribution in [2.45, 2.75) is 0 Å². The van der Waals surface area contributed by atoms with Crippen LogP contribution in [0.1, 0.15) is 0 Å². The molecular formula is C12H14N4OS. The van der Waals surface area contributed by atoms with E-state index in [-0.39, 0.29) is 6.03 Å². The van der Waals surface area contributed by atoms with E-state index in [1.165, 1.54) is 0 Å². The first-order chi connectivity index (χ1) is 8.70. The molecule has 0 unspecified atom stereocenters. The van der Waals surface area contributed by atoms with Crippen LogP contribution >= 0.6 is 12.2 Å². The number of nitrogens with two attached hydrogens (primary N) is 1. The van der Waals surface area contributed by atoms with E-state index in [2.05, 4.69) is 27.3 Å². The van der Waals surface area contributed by atoms with Crippen LogP contribution in [0, 0.1) is 0 Å². The van der Waals surface area contributed by atoms with Crippen LogP contribution in [0.5, 0.6) is 0 Å². The number of amides is 2. The fourth-order valence-corrected chi connectivity index (χ4v) is 2.08. The van der Waals surface area contributed by atoms with Crippen LogP contribution in [0.25, 0.3) is 0 Å². The number of hydrogen-bond donors (Lipinski definition) is 1. The maximum absolute atomic E-state index is 11.0. The summed E-state index contributed by atoms with van der Waals surface area (Å²) in [6, 6.07) is 7.43. The molecule has 1 saturated heterocycles. The average molecular weight is 262 g/mol. The Morgan fingerprint density at radius 3 is 2.33 bits per heavy atom. The first-order valence-electron chi connectivity index (χ1n) is 5.68. The summed E-state index contributed by atoms with van der Waals surface area (Å²) in [6.45, 7) is 2.90. The second kappa shape index (κ2) is 5.62. The number of primary amides is 1. The molecule has 0 aliphatic carbocycles. The third-order valence-corrected chi connectivity index (χ3v) is 3.07. The number of nitrogens with zero attached hydrogens (tertiary/aromatic N) is 3. The average Bonchev–Trinajstić information content (AvgIpc) is 2.40. The van der Waals surface area contributed by atoms with Crippen LogP contribution in [0.3, 0.4) is 0 Å². The highest BCUT2D eigenvalue weighted by molar-refractivity contribution is 7.78. The van der Waals surface area contributed by atoms with E-state index in [1.807, 2.05) is 24.3 Å². The molecule has 1 heterocycles. The SMILES string of the molecule is NC(=O)N1CCN(c2ccc(N=C=S)cc2)CC1. The van der Waals surface area contributed by atoms with Crippen molar-refractivity contribution in [2.75, 3.05) is 31.1 Å². The van der Waals surface area contributed by atoms with Crippen LogP contribution in [-0.2, 0) is 0 Å². The Hall–Kier alpha value is -1.91. The minimum Gasteiger partial charge on any atom is -0.368 e. The molecule has 1 fully saturated rings. The molecule has 2 N–H and O–H groups in total. The van der Waals surface area contributed by atoms with E-state index in [4.69, 9.17) is 5.73 Å². The summed E-state index contributed by atoms with van der Waals surface area (Å²) < 4.78 is 0. The van der Waals surface area contributed by atoms with Gasteiger partial charge in [0.15, 0.2) is 0 Å². The maximum atomic E-state index is 11.0. The number of aliphatic imine (C=N–C) groups is 1. The Labute approximate surface area is 111 Å². The van der Waals surface area contributed by atoms with Crippen LogP contribution in [0.4, 0.5) is 16.2 Å². The first kappa shape index (κ1) is 12.5. The number of carbonyl (C=O) groups is 1. The van der Waals surface area contributed by atoms with Crippen LogP contribution in [0.2, 0.25) is 0 Å². The third kappa shape index (κ3) is 2.85. The van der Waals surface area contributed by atoms with Crippen molar-refractivity contribution in [3.8, 4) is 0 Å². The monoisotopic (exact) mass is 262 g/mol. The minimum absolute atomic E-state index is 0.347. The van der Waals surface area contributed by atoms with Crippen LogP contribution in [0.15, 0.2) is 29.3 Å². The molecular weight excluding hydrogens is 248 g/mol. The van der Waals surface area contributed by atoms with Crippen LogP contribution in [-0.4, -0.2) is 42.3 Å². The molecule has 0 radical (unpaired) electrons. The third-order valence-electron chi connectivity index (χ3n) is 2.98. The maximum Gasteiger partial charge on any atom is 0.314 e. The van der Waals surface area contributed by atoms with Gasteiger partial charge in [-0.2, -0.15) is 4.99 Å². The van der Waals surface area contributed by atoms with Gasteiger partial charge in [-0.1, -0.05) is 0 Å². The number of carbonyl (C=O) groups excluding carboxylic acids is 1. The first-order valence-corrected chi connectivity index (χ1v) is 6.09. The van der Waals surface area contributed by atoms with E-state index in [0.29, 0.717) is 13.1 Å². The van der Waals surface area contributed by atoms with Gasteiger partial charge in [0.05, 0.1) is 10.8 Å². The van der Waals surface area contributed by atoms with Crippen molar-refractivity contribution in [2.24, 2.45) is 10.7 Å². The van der Waals surface area contributed by atoms with Crippen molar-refractivity contribution in [3.05, 3.63) is 24.3 Å². The number of isothiocyanates is 1. The molecule has 1 aromatic rings. The summed E-state index contributed by atoms with van der Waals surface area (Å²) in [6.07, 6.45) is 0. The molecule has 5 nitrogen and oxygen atoms in total. The normalized spacial score (nSPS) is 15.1. The summed E-state index contributed by atoms with van der Waals surface area (Å²) in [5.74, 6) is 0. The Morgan fingerprint density at radius 2 is 1.83 bits per heavy atom. The standard InChI is InChI=1S/C12H14N4OS/c13-12(17)16-7-5-15(6-8-16)11-3-1-10(2-4-11)14-9-18/h1-4H,5-8H2,(H2,13,17). The van der Waals surface area contributed by atoms with Gasteiger partial charge < -0.3 is 15.5 Å². The van der Waals surface area contributed by atoms with Gasteiger partial charge >= 0.3 is 6.03 Å². The van der Waals surface area contributed by atoms with Crippen molar-refractivity contribution in [3.63, 3.8) is 0 Å². The highest BCUT2D eigenvalue weighted by atomic mass is 32.1. The number of anilines is 1. The van der Waals surface area contributed by atoms with Crippen molar-refractivity contribution >= 4 is 34.8 Å². The molecule has 94 valence electrons. The lowest BCUT2D eigenvalue weighted by atomic mass is 10.2. The smallest absolute Gasteiger partial charge is 0.314 e. The number of rotatable bonds is 2. The lowest BCUT2D eigenvalue weighted by Gasteiger charge is -2.35. The summed E-state index contributed by atoms with van der Waals surface area (Å²) in [5, 5.41) is 2.34. The molecule has 1 aromatic carbocycles. The predicted octanol–water partition coefficient (Wildman–Crippen LogP) is 1.62. The van der Waals surface area contributed by atoms with Gasteiger partial charge in [0, 0.05) is 31.9 Å². The molecule has 2 amide bonds. The Morgan fingerprint density at radius 1 is 1.22 bits per heavy atom. The van der Waals surface area contributed by atoms with E-state index < -0.39 is 0 Å². The largest absolute Gasteiger partial charge is 0.368 e. The zero-order valence-electron chi connectivity index (χ0n) is 9.87. The second-order valence-electron chi connectivity index (χ2n) is 4.03. The molecule has 0 aromatic heterocycles. The topological polar surface area (TPSA) is 61.9 Å². The number of piperazine rings is 1. The number of hydrogen-bond acceptors (Lipinski definition) is 4. The highest BCUT2D eigenvalue weighted by Crippen LogP contribution is 2.20. The quantitative estimate of drug-likeness (QED) is 0.651. The fourth-order valence-electron chi connectivity index (χ4n) is 1.98. The molecule has 18 heavy (non-hydrogen) atoms. The second-order valence-corrected chi connectivity index (χ2v) is 4.21.